The van der Waals surface area contributed by atoms with Crippen molar-refractivity contribution in [1.29, 1.82) is 0 Å². The fourth-order valence-corrected chi connectivity index (χ4v) is 1.71. The Balaban J connectivity index is 2.01. The van der Waals surface area contributed by atoms with Crippen molar-refractivity contribution in [3.8, 4) is 0 Å². The van der Waals surface area contributed by atoms with Crippen LogP contribution in [0.25, 0.3) is 5.65 Å². The summed E-state index contributed by atoms with van der Waals surface area (Å²) in [5.74, 6) is 0.794. The molecule has 0 aliphatic heterocycles. The molecule has 0 saturated heterocycles. The van der Waals surface area contributed by atoms with Crippen molar-refractivity contribution >= 4 is 11.6 Å². The van der Waals surface area contributed by atoms with Crippen LogP contribution >= 0.6 is 0 Å². The Bertz CT molecular complexity index is 508. The highest BCUT2D eigenvalue weighted by atomic mass is 15.2. The highest BCUT2D eigenvalue weighted by molar-refractivity contribution is 5.79. The summed E-state index contributed by atoms with van der Waals surface area (Å²) in [5, 5.41) is 6.48. The Morgan fingerprint density at radius 2 is 2.28 bits per heavy atom. The smallest absolute Gasteiger partial charge is 0.191 e. The van der Waals surface area contributed by atoms with Gasteiger partial charge in [-0.2, -0.15) is 0 Å². The standard InChI is InChI=1S/C13H19N5/c1-10(2)16-13(14-3)15-8-11-9-18-7-5-4-6-12(18)17-11/h4-7,9-10H,8H2,1-3H3,(H2,14,15,16). The minimum absolute atomic E-state index is 0.359. The van der Waals surface area contributed by atoms with E-state index >= 15 is 0 Å². The molecule has 0 unspecified atom stereocenters. The van der Waals surface area contributed by atoms with Crippen molar-refractivity contribution < 1.29 is 0 Å². The molecule has 0 aromatic carbocycles. The van der Waals surface area contributed by atoms with Gasteiger partial charge in [-0.15, -0.1) is 0 Å². The molecule has 5 heteroatoms. The van der Waals surface area contributed by atoms with E-state index in [-0.39, 0.29) is 0 Å². The second-order valence-electron chi connectivity index (χ2n) is 4.42. The number of nitrogens with zero attached hydrogens (tertiary/aromatic N) is 3. The summed E-state index contributed by atoms with van der Waals surface area (Å²) in [6.07, 6.45) is 4.01. The Labute approximate surface area is 107 Å². The minimum Gasteiger partial charge on any atom is -0.354 e. The molecule has 2 aromatic heterocycles. The largest absolute Gasteiger partial charge is 0.354 e. The van der Waals surface area contributed by atoms with E-state index in [0.29, 0.717) is 12.6 Å². The summed E-state index contributed by atoms with van der Waals surface area (Å²) in [6, 6.07) is 6.33. The van der Waals surface area contributed by atoms with Crippen molar-refractivity contribution in [2.45, 2.75) is 26.4 Å². The maximum Gasteiger partial charge on any atom is 0.191 e. The SMILES string of the molecule is CN=C(NCc1cn2ccccc2n1)NC(C)C. The Morgan fingerprint density at radius 1 is 1.44 bits per heavy atom. The van der Waals surface area contributed by atoms with Crippen LogP contribution in [0.3, 0.4) is 0 Å². The first-order valence-corrected chi connectivity index (χ1v) is 6.09. The van der Waals surface area contributed by atoms with Crippen LogP contribution in [0, 0.1) is 0 Å². The molecule has 0 saturated carbocycles. The average Bonchev–Trinajstić information content (AvgIpc) is 2.76. The van der Waals surface area contributed by atoms with Crippen LogP contribution in [0.4, 0.5) is 0 Å². The van der Waals surface area contributed by atoms with Crippen LogP contribution in [0.2, 0.25) is 0 Å². The van der Waals surface area contributed by atoms with Crippen LogP contribution in [-0.4, -0.2) is 28.4 Å². The molecule has 0 spiro atoms. The normalized spacial score (nSPS) is 12.1. The average molecular weight is 245 g/mol. The van der Waals surface area contributed by atoms with Gasteiger partial charge < -0.3 is 15.0 Å². The highest BCUT2D eigenvalue weighted by Crippen LogP contribution is 2.03. The molecule has 2 N–H and O–H groups in total. The van der Waals surface area contributed by atoms with Gasteiger partial charge in [-0.05, 0) is 26.0 Å². The van der Waals surface area contributed by atoms with Crippen molar-refractivity contribution in [1.82, 2.24) is 20.0 Å². The summed E-state index contributed by atoms with van der Waals surface area (Å²) >= 11 is 0. The van der Waals surface area contributed by atoms with Crippen LogP contribution in [0.15, 0.2) is 35.6 Å². The highest BCUT2D eigenvalue weighted by Gasteiger charge is 2.03. The van der Waals surface area contributed by atoms with Gasteiger partial charge in [-0.1, -0.05) is 6.07 Å². The third kappa shape index (κ3) is 3.00. The van der Waals surface area contributed by atoms with E-state index in [2.05, 4.69) is 34.5 Å². The predicted octanol–water partition coefficient (Wildman–Crippen LogP) is 1.41. The lowest BCUT2D eigenvalue weighted by Gasteiger charge is -2.13. The number of imidazole rings is 1. The molecule has 0 bridgehead atoms. The summed E-state index contributed by atoms with van der Waals surface area (Å²) in [6.45, 7) is 4.82. The van der Waals surface area contributed by atoms with E-state index < -0.39 is 0 Å². The molecule has 2 rings (SSSR count). The fraction of sp³-hybridized carbons (Fsp3) is 0.385. The first kappa shape index (κ1) is 12.4. The zero-order chi connectivity index (χ0) is 13.0. The number of fused-ring (bicyclic) bond motifs is 1. The van der Waals surface area contributed by atoms with Gasteiger partial charge in [0, 0.05) is 25.5 Å². The lowest BCUT2D eigenvalue weighted by atomic mass is 10.4. The summed E-state index contributed by atoms with van der Waals surface area (Å²) in [7, 11) is 1.77. The van der Waals surface area contributed by atoms with Gasteiger partial charge >= 0.3 is 0 Å². The maximum atomic E-state index is 4.52. The Hall–Kier alpha value is -2.04. The molecule has 2 heterocycles. The van der Waals surface area contributed by atoms with Gasteiger partial charge in [0.25, 0.3) is 0 Å². The monoisotopic (exact) mass is 245 g/mol. The summed E-state index contributed by atoms with van der Waals surface area (Å²) in [5.41, 5.74) is 1.95. The fourth-order valence-electron chi connectivity index (χ4n) is 1.71. The number of aliphatic imine (C=N–C) groups is 1. The number of aromatic nitrogens is 2. The van der Waals surface area contributed by atoms with Gasteiger partial charge in [0.15, 0.2) is 5.96 Å². The third-order valence-corrected chi connectivity index (χ3v) is 2.50. The zero-order valence-corrected chi connectivity index (χ0v) is 11.0. The second kappa shape index (κ2) is 5.53. The Morgan fingerprint density at radius 3 is 2.94 bits per heavy atom. The topological polar surface area (TPSA) is 53.7 Å². The van der Waals surface area contributed by atoms with E-state index in [1.807, 2.05) is 35.0 Å². The minimum atomic E-state index is 0.359. The molecule has 0 aliphatic carbocycles. The van der Waals surface area contributed by atoms with Gasteiger partial charge in [-0.25, -0.2) is 4.98 Å². The molecule has 0 aliphatic rings. The summed E-state index contributed by atoms with van der Waals surface area (Å²) in [4.78, 5) is 8.67. The van der Waals surface area contributed by atoms with E-state index in [1.54, 1.807) is 7.05 Å². The molecular formula is C13H19N5. The van der Waals surface area contributed by atoms with Gasteiger partial charge in [-0.3, -0.25) is 4.99 Å². The number of guanidine groups is 1. The van der Waals surface area contributed by atoms with Crippen molar-refractivity contribution in [2.24, 2.45) is 4.99 Å². The van der Waals surface area contributed by atoms with Crippen molar-refractivity contribution in [2.75, 3.05) is 7.05 Å². The van der Waals surface area contributed by atoms with E-state index in [4.69, 9.17) is 0 Å². The summed E-state index contributed by atoms with van der Waals surface area (Å²) < 4.78 is 2.01. The van der Waals surface area contributed by atoms with Crippen molar-refractivity contribution in [3.05, 3.63) is 36.3 Å². The molecule has 0 radical (unpaired) electrons. The third-order valence-electron chi connectivity index (χ3n) is 2.50. The molecule has 18 heavy (non-hydrogen) atoms. The number of nitrogens with one attached hydrogen (secondary N) is 2. The number of hydrogen-bond donors (Lipinski definition) is 2. The molecule has 0 atom stereocenters. The first-order chi connectivity index (χ1) is 8.69. The lowest BCUT2D eigenvalue weighted by molar-refractivity contribution is 0.697. The van der Waals surface area contributed by atoms with Gasteiger partial charge in [0.05, 0.1) is 12.2 Å². The number of rotatable bonds is 3. The molecule has 0 fully saturated rings. The van der Waals surface area contributed by atoms with E-state index in [9.17, 15) is 0 Å². The number of hydrogen-bond acceptors (Lipinski definition) is 2. The molecular weight excluding hydrogens is 226 g/mol. The molecule has 0 amide bonds. The zero-order valence-electron chi connectivity index (χ0n) is 11.0. The van der Waals surface area contributed by atoms with Gasteiger partial charge in [0.1, 0.15) is 5.65 Å². The van der Waals surface area contributed by atoms with Crippen LogP contribution < -0.4 is 10.6 Å². The maximum absolute atomic E-state index is 4.52. The van der Waals surface area contributed by atoms with Crippen LogP contribution in [0.1, 0.15) is 19.5 Å². The van der Waals surface area contributed by atoms with E-state index in [0.717, 1.165) is 17.3 Å². The van der Waals surface area contributed by atoms with Crippen LogP contribution in [0.5, 0.6) is 0 Å². The second-order valence-corrected chi connectivity index (χ2v) is 4.42. The lowest BCUT2D eigenvalue weighted by Crippen LogP contribution is -2.40. The molecule has 5 nitrogen and oxygen atoms in total. The molecule has 96 valence electrons. The predicted molar refractivity (Wildman–Crippen MR) is 73.7 cm³/mol. The van der Waals surface area contributed by atoms with Crippen molar-refractivity contribution in [3.63, 3.8) is 0 Å². The molecule has 2 aromatic rings. The Kier molecular flexibility index (Phi) is 3.82. The first-order valence-electron chi connectivity index (χ1n) is 6.09. The van der Waals surface area contributed by atoms with Crippen LogP contribution in [-0.2, 0) is 6.54 Å². The number of pyridine rings is 1. The quantitative estimate of drug-likeness (QED) is 0.635. The van der Waals surface area contributed by atoms with E-state index in [1.165, 1.54) is 0 Å². The van der Waals surface area contributed by atoms with Gasteiger partial charge in [0.2, 0.25) is 0 Å².